The Morgan fingerprint density at radius 3 is 2.90 bits per heavy atom. The summed E-state index contributed by atoms with van der Waals surface area (Å²) in [7, 11) is 0. The molecule has 1 atom stereocenters. The van der Waals surface area contributed by atoms with E-state index in [9.17, 15) is 4.79 Å². The topological polar surface area (TPSA) is 46.3 Å². The number of carbonyl (C=O) groups is 1. The summed E-state index contributed by atoms with van der Waals surface area (Å²) < 4.78 is 0. The zero-order valence-corrected chi connectivity index (χ0v) is 6.34. The lowest BCUT2D eigenvalue weighted by Crippen LogP contribution is -2.36. The van der Waals surface area contributed by atoms with E-state index >= 15 is 0 Å². The van der Waals surface area contributed by atoms with E-state index in [1.807, 2.05) is 11.8 Å². The van der Waals surface area contributed by atoms with Crippen LogP contribution in [0.25, 0.3) is 0 Å². The molecule has 58 valence electrons. The van der Waals surface area contributed by atoms with Crippen LogP contribution in [-0.2, 0) is 4.79 Å². The third kappa shape index (κ3) is 1.70. The first-order valence-corrected chi connectivity index (χ1v) is 3.73. The fourth-order valence-electron chi connectivity index (χ4n) is 1.24. The van der Waals surface area contributed by atoms with Gasteiger partial charge in [0.2, 0.25) is 5.91 Å². The highest BCUT2D eigenvalue weighted by atomic mass is 16.2. The van der Waals surface area contributed by atoms with Crippen molar-refractivity contribution in [2.24, 2.45) is 5.73 Å². The molecule has 1 aliphatic rings. The van der Waals surface area contributed by atoms with Gasteiger partial charge in [0, 0.05) is 25.6 Å². The highest BCUT2D eigenvalue weighted by Crippen LogP contribution is 2.08. The Balaban J connectivity index is 2.33. The Bertz CT molecular complexity index is 134. The third-order valence-corrected chi connectivity index (χ3v) is 1.68. The smallest absolute Gasteiger partial charge is 0.222 e. The number of carbonyl (C=O) groups excluding carboxylic acids is 1. The van der Waals surface area contributed by atoms with Gasteiger partial charge in [0.25, 0.3) is 0 Å². The maximum atomic E-state index is 11.0. The average Bonchev–Trinajstić information content (AvgIpc) is 2.15. The molecule has 1 unspecified atom stereocenters. The van der Waals surface area contributed by atoms with Crippen molar-refractivity contribution in [3.05, 3.63) is 0 Å². The minimum Gasteiger partial charge on any atom is -0.341 e. The molecule has 1 amide bonds. The summed E-state index contributed by atoms with van der Waals surface area (Å²) in [5.41, 5.74) is 5.54. The lowest BCUT2D eigenvalue weighted by Gasteiger charge is -2.17. The molecule has 3 nitrogen and oxygen atoms in total. The van der Waals surface area contributed by atoms with Gasteiger partial charge in [-0.25, -0.2) is 0 Å². The van der Waals surface area contributed by atoms with Crippen molar-refractivity contribution in [1.82, 2.24) is 4.90 Å². The summed E-state index contributed by atoms with van der Waals surface area (Å²) >= 11 is 0. The van der Waals surface area contributed by atoms with Gasteiger partial charge in [-0.3, -0.25) is 4.79 Å². The Hall–Kier alpha value is -0.570. The minimum absolute atomic E-state index is 0.113. The SMILES string of the molecule is CC(N)CN1CCCC1=O. The molecular weight excluding hydrogens is 128 g/mol. The third-order valence-electron chi connectivity index (χ3n) is 1.68. The first-order chi connectivity index (χ1) is 4.70. The summed E-state index contributed by atoms with van der Waals surface area (Å²) in [6.07, 6.45) is 1.72. The van der Waals surface area contributed by atoms with Crippen LogP contribution in [0.5, 0.6) is 0 Å². The molecule has 10 heavy (non-hydrogen) atoms. The largest absolute Gasteiger partial charge is 0.341 e. The van der Waals surface area contributed by atoms with Crippen molar-refractivity contribution in [2.75, 3.05) is 13.1 Å². The normalized spacial score (nSPS) is 21.8. The molecule has 0 radical (unpaired) electrons. The Labute approximate surface area is 61.2 Å². The van der Waals surface area contributed by atoms with Gasteiger partial charge in [-0.1, -0.05) is 0 Å². The second-order valence-corrected chi connectivity index (χ2v) is 2.92. The van der Waals surface area contributed by atoms with Crippen molar-refractivity contribution in [2.45, 2.75) is 25.8 Å². The highest BCUT2D eigenvalue weighted by Gasteiger charge is 2.20. The van der Waals surface area contributed by atoms with Crippen molar-refractivity contribution in [1.29, 1.82) is 0 Å². The summed E-state index contributed by atoms with van der Waals surface area (Å²) in [6.45, 7) is 3.55. The number of nitrogens with two attached hydrogens (primary N) is 1. The number of hydrogen-bond donors (Lipinski definition) is 1. The molecule has 1 saturated heterocycles. The second kappa shape index (κ2) is 3.01. The van der Waals surface area contributed by atoms with Gasteiger partial charge in [0.1, 0.15) is 0 Å². The molecule has 0 aromatic rings. The summed E-state index contributed by atoms with van der Waals surface area (Å²) in [5.74, 6) is 0.261. The van der Waals surface area contributed by atoms with Gasteiger partial charge < -0.3 is 10.6 Å². The molecule has 1 fully saturated rings. The molecule has 1 aliphatic heterocycles. The molecule has 1 heterocycles. The van der Waals surface area contributed by atoms with E-state index in [-0.39, 0.29) is 11.9 Å². The first-order valence-electron chi connectivity index (χ1n) is 3.73. The molecule has 0 aromatic heterocycles. The van der Waals surface area contributed by atoms with E-state index in [1.165, 1.54) is 0 Å². The van der Waals surface area contributed by atoms with Gasteiger partial charge in [-0.2, -0.15) is 0 Å². The van der Waals surface area contributed by atoms with Crippen LogP contribution in [0.4, 0.5) is 0 Å². The van der Waals surface area contributed by atoms with E-state index in [0.717, 1.165) is 19.5 Å². The number of amides is 1. The highest BCUT2D eigenvalue weighted by molar-refractivity contribution is 5.78. The van der Waals surface area contributed by atoms with E-state index in [1.54, 1.807) is 0 Å². The van der Waals surface area contributed by atoms with Gasteiger partial charge in [-0.05, 0) is 13.3 Å². The van der Waals surface area contributed by atoms with Gasteiger partial charge in [-0.15, -0.1) is 0 Å². The number of nitrogens with zero attached hydrogens (tertiary/aromatic N) is 1. The molecule has 0 saturated carbocycles. The van der Waals surface area contributed by atoms with Crippen LogP contribution in [0.15, 0.2) is 0 Å². The van der Waals surface area contributed by atoms with E-state index in [4.69, 9.17) is 5.73 Å². The van der Waals surface area contributed by atoms with Crippen LogP contribution in [0.1, 0.15) is 19.8 Å². The predicted molar refractivity (Wildman–Crippen MR) is 39.5 cm³/mol. The molecule has 0 aliphatic carbocycles. The average molecular weight is 142 g/mol. The minimum atomic E-state index is 0.113. The Morgan fingerprint density at radius 2 is 2.50 bits per heavy atom. The maximum Gasteiger partial charge on any atom is 0.222 e. The number of likely N-dealkylation sites (tertiary alicyclic amines) is 1. The predicted octanol–water partition coefficient (Wildman–Crippen LogP) is -0.0440. The van der Waals surface area contributed by atoms with Gasteiger partial charge in [0.05, 0.1) is 0 Å². The van der Waals surface area contributed by atoms with Crippen molar-refractivity contribution < 1.29 is 4.79 Å². The van der Waals surface area contributed by atoms with Gasteiger partial charge >= 0.3 is 0 Å². The molecule has 0 aromatic carbocycles. The molecular formula is C7H14N2O. The lowest BCUT2D eigenvalue weighted by atomic mass is 10.3. The summed E-state index contributed by atoms with van der Waals surface area (Å²) in [4.78, 5) is 12.8. The molecule has 1 rings (SSSR count). The van der Waals surface area contributed by atoms with Crippen LogP contribution >= 0.6 is 0 Å². The Morgan fingerprint density at radius 1 is 1.80 bits per heavy atom. The lowest BCUT2D eigenvalue weighted by molar-refractivity contribution is -0.127. The summed E-state index contributed by atoms with van der Waals surface area (Å²) in [5, 5.41) is 0. The van der Waals surface area contributed by atoms with Gasteiger partial charge in [0.15, 0.2) is 0 Å². The fraction of sp³-hybridized carbons (Fsp3) is 0.857. The van der Waals surface area contributed by atoms with E-state index in [2.05, 4.69) is 0 Å². The Kier molecular flexibility index (Phi) is 2.27. The monoisotopic (exact) mass is 142 g/mol. The molecule has 0 bridgehead atoms. The fourth-order valence-corrected chi connectivity index (χ4v) is 1.24. The van der Waals surface area contributed by atoms with Crippen LogP contribution < -0.4 is 5.73 Å². The molecule has 0 spiro atoms. The molecule has 2 N–H and O–H groups in total. The van der Waals surface area contributed by atoms with Crippen molar-refractivity contribution in [3.8, 4) is 0 Å². The first kappa shape index (κ1) is 7.54. The number of rotatable bonds is 2. The van der Waals surface area contributed by atoms with Crippen LogP contribution in [0.3, 0.4) is 0 Å². The van der Waals surface area contributed by atoms with E-state index in [0.29, 0.717) is 6.42 Å². The standard InChI is InChI=1S/C7H14N2O/c1-6(8)5-9-4-2-3-7(9)10/h6H,2-5,8H2,1H3. The van der Waals surface area contributed by atoms with Crippen LogP contribution in [0, 0.1) is 0 Å². The van der Waals surface area contributed by atoms with E-state index < -0.39 is 0 Å². The zero-order chi connectivity index (χ0) is 7.56. The zero-order valence-electron chi connectivity index (χ0n) is 6.34. The van der Waals surface area contributed by atoms with Crippen LogP contribution in [0.2, 0.25) is 0 Å². The quantitative estimate of drug-likeness (QED) is 0.588. The summed E-state index contributed by atoms with van der Waals surface area (Å²) in [6, 6.07) is 0.113. The maximum absolute atomic E-state index is 11.0. The van der Waals surface area contributed by atoms with Crippen molar-refractivity contribution in [3.63, 3.8) is 0 Å². The molecule has 3 heteroatoms. The number of hydrogen-bond acceptors (Lipinski definition) is 2. The van der Waals surface area contributed by atoms with Crippen molar-refractivity contribution >= 4 is 5.91 Å². The second-order valence-electron chi connectivity index (χ2n) is 2.92. The van der Waals surface area contributed by atoms with Crippen LogP contribution in [-0.4, -0.2) is 29.9 Å².